The average molecular weight is 405 g/mol. The van der Waals surface area contributed by atoms with Gasteiger partial charge in [0.1, 0.15) is 11.5 Å². The second kappa shape index (κ2) is 7.60. The summed E-state index contributed by atoms with van der Waals surface area (Å²) in [5.74, 6) is 0.866. The lowest BCUT2D eigenvalue weighted by molar-refractivity contribution is -0.137. The van der Waals surface area contributed by atoms with Crippen molar-refractivity contribution < 1.29 is 17.6 Å². The van der Waals surface area contributed by atoms with Crippen LogP contribution in [0.3, 0.4) is 0 Å². The molecule has 4 nitrogen and oxygen atoms in total. The van der Waals surface area contributed by atoms with E-state index in [4.69, 9.17) is 4.42 Å². The molecule has 0 saturated carbocycles. The minimum absolute atomic E-state index is 0.0586. The lowest BCUT2D eigenvalue weighted by Gasteiger charge is -2.27. The molecular formula is C20H18F3N3OS. The van der Waals surface area contributed by atoms with Crippen molar-refractivity contribution in [1.82, 2.24) is 14.9 Å². The van der Waals surface area contributed by atoms with Gasteiger partial charge < -0.3 is 4.42 Å². The predicted molar refractivity (Wildman–Crippen MR) is 101 cm³/mol. The lowest BCUT2D eigenvalue weighted by atomic mass is 10.1. The quantitative estimate of drug-likeness (QED) is 0.450. The highest BCUT2D eigenvalue weighted by Crippen LogP contribution is 2.37. The number of fused-ring (bicyclic) bond motifs is 1. The first-order chi connectivity index (χ1) is 13.4. The van der Waals surface area contributed by atoms with Gasteiger partial charge in [-0.1, -0.05) is 30.0 Å². The van der Waals surface area contributed by atoms with Gasteiger partial charge in [0, 0.05) is 36.8 Å². The fraction of sp³-hybridized carbons (Fsp3) is 0.300. The van der Waals surface area contributed by atoms with Crippen LogP contribution >= 0.6 is 11.8 Å². The third-order valence-corrected chi connectivity index (χ3v) is 5.27. The second-order valence-electron chi connectivity index (χ2n) is 6.60. The van der Waals surface area contributed by atoms with Crippen LogP contribution in [-0.4, -0.2) is 27.7 Å². The monoisotopic (exact) mass is 405 g/mol. The molecule has 0 bridgehead atoms. The van der Waals surface area contributed by atoms with Gasteiger partial charge in [-0.25, -0.2) is 9.97 Å². The molecule has 1 aromatic carbocycles. The van der Waals surface area contributed by atoms with E-state index < -0.39 is 11.7 Å². The number of alkyl halides is 3. The van der Waals surface area contributed by atoms with Gasteiger partial charge in [-0.15, -0.1) is 0 Å². The molecule has 0 unspecified atom stereocenters. The lowest BCUT2D eigenvalue weighted by Crippen LogP contribution is -2.30. The summed E-state index contributed by atoms with van der Waals surface area (Å²) in [7, 11) is 0. The Bertz CT molecular complexity index is 987. The van der Waals surface area contributed by atoms with Gasteiger partial charge in [-0.3, -0.25) is 4.90 Å². The zero-order valence-electron chi connectivity index (χ0n) is 15.2. The van der Waals surface area contributed by atoms with E-state index in [0.717, 1.165) is 35.4 Å². The van der Waals surface area contributed by atoms with Crippen molar-refractivity contribution in [1.29, 1.82) is 0 Å². The topological polar surface area (TPSA) is 42.2 Å². The van der Waals surface area contributed by atoms with E-state index in [0.29, 0.717) is 18.8 Å². The summed E-state index contributed by atoms with van der Waals surface area (Å²) < 4.78 is 45.5. The van der Waals surface area contributed by atoms with Crippen LogP contribution in [0.15, 0.2) is 52.2 Å². The first-order valence-corrected chi connectivity index (χ1v) is 10.0. The van der Waals surface area contributed by atoms with Gasteiger partial charge in [0.15, 0.2) is 5.16 Å². The molecule has 2 aromatic heterocycles. The Kier molecular flexibility index (Phi) is 5.16. The van der Waals surface area contributed by atoms with Crippen molar-refractivity contribution in [2.45, 2.75) is 30.8 Å². The Labute approximate surface area is 164 Å². The van der Waals surface area contributed by atoms with Crippen LogP contribution in [0.25, 0.3) is 11.3 Å². The number of aromatic nitrogens is 2. The highest BCUT2D eigenvalue weighted by atomic mass is 32.2. The van der Waals surface area contributed by atoms with Crippen LogP contribution in [0, 0.1) is 0 Å². The SMILES string of the molecule is CSc1ncc2c(n1)CCN(Cc1ccc(-c3ccccc3C(F)(F)F)o1)C2. The molecule has 1 aliphatic heterocycles. The largest absolute Gasteiger partial charge is 0.460 e. The van der Waals surface area contributed by atoms with Gasteiger partial charge in [0.2, 0.25) is 0 Å². The van der Waals surface area contributed by atoms with Gasteiger partial charge in [0.05, 0.1) is 17.8 Å². The molecule has 0 radical (unpaired) electrons. The molecule has 0 amide bonds. The van der Waals surface area contributed by atoms with Gasteiger partial charge in [-0.05, 0) is 24.5 Å². The number of thioether (sulfide) groups is 1. The molecular weight excluding hydrogens is 387 g/mol. The minimum Gasteiger partial charge on any atom is -0.460 e. The number of hydrogen-bond acceptors (Lipinski definition) is 5. The highest BCUT2D eigenvalue weighted by molar-refractivity contribution is 7.98. The summed E-state index contributed by atoms with van der Waals surface area (Å²) in [5, 5.41) is 0.770. The summed E-state index contributed by atoms with van der Waals surface area (Å²) in [6, 6.07) is 8.81. The fourth-order valence-corrected chi connectivity index (χ4v) is 3.72. The molecule has 0 N–H and O–H groups in total. The summed E-state index contributed by atoms with van der Waals surface area (Å²) in [6.07, 6.45) is 0.196. The Balaban J connectivity index is 1.51. The molecule has 0 aliphatic carbocycles. The summed E-state index contributed by atoms with van der Waals surface area (Å²) in [5.41, 5.74) is 1.51. The van der Waals surface area contributed by atoms with Crippen molar-refractivity contribution in [2.75, 3.05) is 12.8 Å². The molecule has 4 rings (SSSR count). The molecule has 8 heteroatoms. The molecule has 1 aliphatic rings. The number of hydrogen-bond donors (Lipinski definition) is 0. The summed E-state index contributed by atoms with van der Waals surface area (Å²) >= 11 is 1.52. The molecule has 3 aromatic rings. The predicted octanol–water partition coefficient (Wildman–Crippen LogP) is 5.04. The van der Waals surface area contributed by atoms with Crippen molar-refractivity contribution in [2.24, 2.45) is 0 Å². The Morgan fingerprint density at radius 2 is 2.00 bits per heavy atom. The van der Waals surface area contributed by atoms with Crippen molar-refractivity contribution in [3.05, 3.63) is 65.2 Å². The number of benzene rings is 1. The third-order valence-electron chi connectivity index (χ3n) is 4.71. The van der Waals surface area contributed by atoms with Crippen molar-refractivity contribution in [3.63, 3.8) is 0 Å². The third kappa shape index (κ3) is 3.93. The summed E-state index contributed by atoms with van der Waals surface area (Å²) in [6.45, 7) is 2.03. The van der Waals surface area contributed by atoms with Crippen molar-refractivity contribution >= 4 is 11.8 Å². The van der Waals surface area contributed by atoms with Crippen LogP contribution in [0.2, 0.25) is 0 Å². The van der Waals surface area contributed by atoms with Crippen LogP contribution in [0.1, 0.15) is 22.6 Å². The van der Waals surface area contributed by atoms with Crippen LogP contribution in [-0.2, 0) is 25.7 Å². The van der Waals surface area contributed by atoms with E-state index in [9.17, 15) is 13.2 Å². The van der Waals surface area contributed by atoms with E-state index >= 15 is 0 Å². The Morgan fingerprint density at radius 3 is 2.79 bits per heavy atom. The molecule has 0 fully saturated rings. The maximum absolute atomic E-state index is 13.2. The zero-order valence-corrected chi connectivity index (χ0v) is 16.0. The second-order valence-corrected chi connectivity index (χ2v) is 7.37. The first kappa shape index (κ1) is 19.0. The number of halogens is 3. The number of furan rings is 1. The first-order valence-electron chi connectivity index (χ1n) is 8.80. The Morgan fingerprint density at radius 1 is 1.18 bits per heavy atom. The minimum atomic E-state index is -4.42. The average Bonchev–Trinajstić information content (AvgIpc) is 3.15. The molecule has 28 heavy (non-hydrogen) atoms. The maximum Gasteiger partial charge on any atom is 0.417 e. The van der Waals surface area contributed by atoms with E-state index in [2.05, 4.69) is 14.9 Å². The van der Waals surface area contributed by atoms with Gasteiger partial charge >= 0.3 is 6.18 Å². The zero-order chi connectivity index (χ0) is 19.7. The highest BCUT2D eigenvalue weighted by Gasteiger charge is 2.34. The smallest absolute Gasteiger partial charge is 0.417 e. The van der Waals surface area contributed by atoms with Gasteiger partial charge in [0.25, 0.3) is 0 Å². The van der Waals surface area contributed by atoms with Crippen LogP contribution < -0.4 is 0 Å². The van der Waals surface area contributed by atoms with E-state index in [1.807, 2.05) is 12.5 Å². The van der Waals surface area contributed by atoms with E-state index in [1.165, 1.54) is 23.9 Å². The number of rotatable bonds is 4. The van der Waals surface area contributed by atoms with E-state index in [1.54, 1.807) is 18.2 Å². The standard InChI is InChI=1S/C20H18F3N3OS/c1-28-19-24-10-13-11-26(9-8-17(13)25-19)12-14-6-7-18(27-14)15-4-2-3-5-16(15)20(21,22)23/h2-7,10H,8-9,11-12H2,1H3. The van der Waals surface area contributed by atoms with Gasteiger partial charge in [-0.2, -0.15) is 13.2 Å². The molecule has 0 saturated heterocycles. The molecule has 0 atom stereocenters. The van der Waals surface area contributed by atoms with E-state index in [-0.39, 0.29) is 11.3 Å². The molecule has 146 valence electrons. The van der Waals surface area contributed by atoms with Crippen LogP contribution in [0.4, 0.5) is 13.2 Å². The normalized spacial score (nSPS) is 14.9. The molecule has 0 spiro atoms. The fourth-order valence-electron chi connectivity index (χ4n) is 3.36. The number of nitrogens with zero attached hydrogens (tertiary/aromatic N) is 3. The van der Waals surface area contributed by atoms with Crippen molar-refractivity contribution in [3.8, 4) is 11.3 Å². The maximum atomic E-state index is 13.2. The summed E-state index contributed by atoms with van der Waals surface area (Å²) in [4.78, 5) is 11.1. The molecule has 3 heterocycles. The van der Waals surface area contributed by atoms with Crippen LogP contribution in [0.5, 0.6) is 0 Å². The Hall–Kier alpha value is -2.32.